The van der Waals surface area contributed by atoms with Gasteiger partial charge >= 0.3 is 0 Å². The van der Waals surface area contributed by atoms with Crippen LogP contribution >= 0.6 is 0 Å². The molecule has 2 rings (SSSR count). The predicted octanol–water partition coefficient (Wildman–Crippen LogP) is 2.10. The average Bonchev–Trinajstić information content (AvgIpc) is 2.49. The Balaban J connectivity index is 0.00000264. The van der Waals surface area contributed by atoms with Crippen LogP contribution in [0.1, 0.15) is 13.8 Å². The largest absolute Gasteiger partial charge is 0.389 e. The van der Waals surface area contributed by atoms with E-state index in [0.717, 1.165) is 11.1 Å². The van der Waals surface area contributed by atoms with Gasteiger partial charge in [0.15, 0.2) is 11.6 Å². The van der Waals surface area contributed by atoms with Crippen molar-refractivity contribution in [3.05, 3.63) is 71.1 Å². The Morgan fingerprint density at radius 2 is 1.17 bits per heavy atom. The third-order valence-corrected chi connectivity index (χ3v) is 3.26. The van der Waals surface area contributed by atoms with Crippen LogP contribution in [0.2, 0.25) is 0 Å². The zero-order chi connectivity index (χ0) is 15.9. The molecular formula is C18H20N2O2Zn. The molecule has 116 valence electrons. The maximum absolute atomic E-state index is 11.6. The van der Waals surface area contributed by atoms with Crippen LogP contribution in [0.4, 0.5) is 0 Å². The molecule has 0 heterocycles. The molecule has 0 radical (unpaired) electrons. The molecule has 0 saturated heterocycles. The van der Waals surface area contributed by atoms with Gasteiger partial charge in [0.25, 0.3) is 0 Å². The summed E-state index contributed by atoms with van der Waals surface area (Å²) in [4.78, 5) is 23.2. The van der Waals surface area contributed by atoms with Crippen LogP contribution in [-0.2, 0) is 29.1 Å². The van der Waals surface area contributed by atoms with E-state index in [4.69, 9.17) is 0 Å². The van der Waals surface area contributed by atoms with Crippen molar-refractivity contribution >= 4 is 11.6 Å². The Morgan fingerprint density at radius 1 is 0.783 bits per heavy atom. The molecule has 2 N–H and O–H groups in total. The second-order valence-electron chi connectivity index (χ2n) is 5.28. The van der Waals surface area contributed by atoms with Gasteiger partial charge in [0.05, 0.1) is 0 Å². The smallest absolute Gasteiger partial charge is 0.187 e. The SMILES string of the molecule is CC1=CC(=CNCCNC=C2C=C(C)C=CC2=O)C(=O)C=C1.[Zn]. The molecule has 0 aromatic heterocycles. The molecule has 0 fully saturated rings. The summed E-state index contributed by atoms with van der Waals surface area (Å²) in [6, 6.07) is 0. The van der Waals surface area contributed by atoms with Gasteiger partial charge in [-0.1, -0.05) is 23.3 Å². The van der Waals surface area contributed by atoms with E-state index in [1.165, 1.54) is 0 Å². The van der Waals surface area contributed by atoms with Crippen LogP contribution in [-0.4, -0.2) is 24.7 Å². The Hall–Kier alpha value is -2.00. The van der Waals surface area contributed by atoms with E-state index in [1.807, 2.05) is 26.0 Å². The monoisotopic (exact) mass is 360 g/mol. The molecule has 5 heteroatoms. The minimum atomic E-state index is 0. The Labute approximate surface area is 149 Å². The summed E-state index contributed by atoms with van der Waals surface area (Å²) in [7, 11) is 0. The molecule has 0 atom stereocenters. The predicted molar refractivity (Wildman–Crippen MR) is 88.0 cm³/mol. The molecule has 23 heavy (non-hydrogen) atoms. The number of allylic oxidation sites excluding steroid dienone is 10. The van der Waals surface area contributed by atoms with Crippen LogP contribution in [0.15, 0.2) is 71.1 Å². The topological polar surface area (TPSA) is 58.2 Å². The van der Waals surface area contributed by atoms with E-state index in [9.17, 15) is 9.59 Å². The molecule has 0 aromatic carbocycles. The molecule has 4 nitrogen and oxygen atoms in total. The van der Waals surface area contributed by atoms with Gasteiger partial charge in [0, 0.05) is 56.1 Å². The molecule has 0 spiro atoms. The molecule has 0 aromatic rings. The quantitative estimate of drug-likeness (QED) is 0.447. The van der Waals surface area contributed by atoms with E-state index in [-0.39, 0.29) is 31.0 Å². The normalized spacial score (nSPS) is 20.3. The average molecular weight is 362 g/mol. The summed E-state index contributed by atoms with van der Waals surface area (Å²) in [6.07, 6.45) is 13.9. The summed E-state index contributed by atoms with van der Waals surface area (Å²) in [5.41, 5.74) is 3.43. The number of nitrogens with one attached hydrogen (secondary N) is 2. The van der Waals surface area contributed by atoms with Gasteiger partial charge in [-0.25, -0.2) is 0 Å². The van der Waals surface area contributed by atoms with Crippen molar-refractivity contribution in [2.45, 2.75) is 13.8 Å². The first-order chi connectivity index (χ1) is 10.6. The van der Waals surface area contributed by atoms with Crippen molar-refractivity contribution in [1.82, 2.24) is 10.6 Å². The minimum Gasteiger partial charge on any atom is -0.389 e. The summed E-state index contributed by atoms with van der Waals surface area (Å²) < 4.78 is 0. The molecular weight excluding hydrogens is 342 g/mol. The Kier molecular flexibility index (Phi) is 7.63. The second kappa shape index (κ2) is 9.21. The summed E-state index contributed by atoms with van der Waals surface area (Å²) in [5.74, 6) is 0.0155. The summed E-state index contributed by atoms with van der Waals surface area (Å²) in [5, 5.41) is 6.19. The van der Waals surface area contributed by atoms with E-state index in [1.54, 1.807) is 36.7 Å². The van der Waals surface area contributed by atoms with E-state index < -0.39 is 0 Å². The van der Waals surface area contributed by atoms with E-state index in [0.29, 0.717) is 24.2 Å². The standard InChI is InChI=1S/C18H20N2O2.Zn/c1-13-3-5-17(21)15(9-13)11-19-7-8-20-12-16-10-14(2)4-6-18(16)22;/h3-6,9-12,19-20H,7-8H2,1-2H3;. The number of carbonyl (C=O) groups is 2. The first-order valence-electron chi connectivity index (χ1n) is 7.25. The maximum Gasteiger partial charge on any atom is 0.187 e. The van der Waals surface area contributed by atoms with Crippen LogP contribution < -0.4 is 10.6 Å². The van der Waals surface area contributed by atoms with Gasteiger partial charge in [-0.15, -0.1) is 0 Å². The van der Waals surface area contributed by atoms with Gasteiger partial charge in [0.1, 0.15) is 0 Å². The zero-order valence-corrected chi connectivity index (χ0v) is 16.5. The third-order valence-electron chi connectivity index (χ3n) is 3.26. The van der Waals surface area contributed by atoms with E-state index in [2.05, 4.69) is 10.6 Å². The van der Waals surface area contributed by atoms with Crippen molar-refractivity contribution in [1.29, 1.82) is 0 Å². The number of hydrogen-bond donors (Lipinski definition) is 2. The van der Waals surface area contributed by atoms with Gasteiger partial charge < -0.3 is 10.6 Å². The first kappa shape index (κ1) is 19.1. The molecule has 0 amide bonds. The van der Waals surface area contributed by atoms with Crippen molar-refractivity contribution in [2.24, 2.45) is 0 Å². The van der Waals surface area contributed by atoms with Gasteiger partial charge in [-0.05, 0) is 38.2 Å². The summed E-state index contributed by atoms with van der Waals surface area (Å²) >= 11 is 0. The van der Waals surface area contributed by atoms with E-state index >= 15 is 0 Å². The van der Waals surface area contributed by atoms with Gasteiger partial charge in [-0.2, -0.15) is 0 Å². The number of hydrogen-bond acceptors (Lipinski definition) is 4. The van der Waals surface area contributed by atoms with Crippen molar-refractivity contribution in [2.75, 3.05) is 13.1 Å². The first-order valence-corrected chi connectivity index (χ1v) is 7.25. The van der Waals surface area contributed by atoms with Crippen LogP contribution in [0, 0.1) is 0 Å². The zero-order valence-electron chi connectivity index (χ0n) is 13.6. The molecule has 0 bridgehead atoms. The molecule has 0 aliphatic heterocycles. The second-order valence-corrected chi connectivity index (χ2v) is 5.28. The number of ketones is 2. The van der Waals surface area contributed by atoms with Gasteiger partial charge in [0.2, 0.25) is 0 Å². The molecule has 2 aliphatic carbocycles. The third kappa shape index (κ3) is 5.95. The van der Waals surface area contributed by atoms with Crippen LogP contribution in [0.25, 0.3) is 0 Å². The Bertz CT molecular complexity index is 607. The minimum absolute atomic E-state index is 0. The fourth-order valence-electron chi connectivity index (χ4n) is 2.07. The molecule has 0 saturated carbocycles. The fourth-order valence-corrected chi connectivity index (χ4v) is 2.07. The Morgan fingerprint density at radius 3 is 1.57 bits per heavy atom. The number of carbonyl (C=O) groups excluding carboxylic acids is 2. The molecule has 2 aliphatic rings. The molecule has 0 unspecified atom stereocenters. The van der Waals surface area contributed by atoms with Crippen molar-refractivity contribution < 1.29 is 29.1 Å². The summed E-state index contributed by atoms with van der Waals surface area (Å²) in [6.45, 7) is 5.22. The van der Waals surface area contributed by atoms with Crippen molar-refractivity contribution in [3.8, 4) is 0 Å². The van der Waals surface area contributed by atoms with Crippen LogP contribution in [0.3, 0.4) is 0 Å². The van der Waals surface area contributed by atoms with Crippen LogP contribution in [0.5, 0.6) is 0 Å². The van der Waals surface area contributed by atoms with Gasteiger partial charge in [-0.3, -0.25) is 9.59 Å². The maximum atomic E-state index is 11.6. The number of rotatable bonds is 5. The van der Waals surface area contributed by atoms with Crippen molar-refractivity contribution in [3.63, 3.8) is 0 Å². The fraction of sp³-hybridized carbons (Fsp3) is 0.222.